The quantitative estimate of drug-likeness (QED) is 0.201. The molecule has 3 atom stereocenters. The van der Waals surface area contributed by atoms with Gasteiger partial charge in [0.15, 0.2) is 0 Å². The predicted molar refractivity (Wildman–Crippen MR) is 132 cm³/mol. The van der Waals surface area contributed by atoms with Crippen molar-refractivity contribution < 1.29 is 22.6 Å². The number of amidine groups is 1. The van der Waals surface area contributed by atoms with E-state index >= 15 is 0 Å². The van der Waals surface area contributed by atoms with Crippen LogP contribution in [-0.4, -0.2) is 52.5 Å². The number of aromatic nitrogens is 2. The number of alkyl halides is 3. The van der Waals surface area contributed by atoms with Crippen molar-refractivity contribution >= 4 is 11.7 Å². The molecule has 2 N–H and O–H groups in total. The lowest BCUT2D eigenvalue weighted by Gasteiger charge is -2.36. The van der Waals surface area contributed by atoms with E-state index in [9.17, 15) is 13.2 Å². The zero-order chi connectivity index (χ0) is 26.5. The van der Waals surface area contributed by atoms with E-state index < -0.39 is 6.36 Å². The Balaban J connectivity index is 1.85. The van der Waals surface area contributed by atoms with Crippen LogP contribution in [0.2, 0.25) is 0 Å². The van der Waals surface area contributed by atoms with Gasteiger partial charge in [0.25, 0.3) is 0 Å². The van der Waals surface area contributed by atoms with Crippen molar-refractivity contribution in [2.75, 3.05) is 13.7 Å². The second-order valence-corrected chi connectivity index (χ2v) is 8.76. The molecule has 2 aliphatic rings. The number of nitrogens with one attached hydrogen (secondary N) is 2. The molecule has 0 saturated carbocycles. The Morgan fingerprint density at radius 2 is 2.08 bits per heavy atom. The molecule has 3 unspecified atom stereocenters. The van der Waals surface area contributed by atoms with E-state index in [1.165, 1.54) is 13.2 Å². The molecule has 198 valence electrons. The van der Waals surface area contributed by atoms with Crippen molar-refractivity contribution in [1.29, 1.82) is 5.41 Å². The third-order valence-electron chi connectivity index (χ3n) is 6.47. The highest BCUT2D eigenvalue weighted by atomic mass is 19.4. The number of ether oxygens (including phenoxy) is 2. The Labute approximate surface area is 210 Å². The van der Waals surface area contributed by atoms with Gasteiger partial charge in [-0.1, -0.05) is 19.1 Å². The number of aliphatic imine (C=N–C) groups is 1. The molecular formula is C25H35F3N6O2. The van der Waals surface area contributed by atoms with Crippen LogP contribution in [-0.2, 0) is 9.47 Å². The third kappa shape index (κ3) is 6.37. The molecule has 3 heterocycles. The van der Waals surface area contributed by atoms with Gasteiger partial charge in [0.1, 0.15) is 23.8 Å². The summed E-state index contributed by atoms with van der Waals surface area (Å²) < 4.78 is 50.5. The second-order valence-electron chi connectivity index (χ2n) is 8.76. The summed E-state index contributed by atoms with van der Waals surface area (Å²) in [6.07, 6.45) is 6.25. The lowest BCUT2D eigenvalue weighted by atomic mass is 9.86. The van der Waals surface area contributed by atoms with Gasteiger partial charge in [-0.25, -0.2) is 9.98 Å². The maximum Gasteiger partial charge on any atom is 0.573 e. The number of hydrogen-bond acceptors (Lipinski definition) is 7. The van der Waals surface area contributed by atoms with Crippen LogP contribution in [0.25, 0.3) is 0 Å². The average molecular weight is 509 g/mol. The van der Waals surface area contributed by atoms with Gasteiger partial charge in [-0.3, -0.25) is 5.41 Å². The zero-order valence-electron chi connectivity index (χ0n) is 21.4. The molecule has 0 radical (unpaired) electrons. The fraction of sp³-hybridized carbons (Fsp3) is 0.560. The predicted octanol–water partition coefficient (Wildman–Crippen LogP) is 5.42. The maximum atomic E-state index is 13.0. The molecule has 1 aromatic heterocycles. The normalized spacial score (nSPS) is 22.6. The topological polar surface area (TPSA) is 87.8 Å². The molecule has 11 heteroatoms. The molecule has 1 fully saturated rings. The summed E-state index contributed by atoms with van der Waals surface area (Å²) in [5.74, 6) is 0.402. The van der Waals surface area contributed by atoms with Gasteiger partial charge in [-0.05, 0) is 63.7 Å². The van der Waals surface area contributed by atoms with E-state index in [4.69, 9.17) is 15.1 Å². The molecule has 36 heavy (non-hydrogen) atoms. The number of halogens is 3. The second kappa shape index (κ2) is 11.8. The molecule has 0 spiro atoms. The van der Waals surface area contributed by atoms with Crippen LogP contribution in [0.3, 0.4) is 0 Å². The third-order valence-corrected chi connectivity index (χ3v) is 6.47. The number of aryl methyl sites for hydroxylation is 1. The van der Waals surface area contributed by atoms with Crippen LogP contribution in [0.15, 0.2) is 52.7 Å². The van der Waals surface area contributed by atoms with Crippen LogP contribution in [0.5, 0.6) is 0 Å². The number of methoxy groups -OCH3 is 1. The molecular weight excluding hydrogens is 473 g/mol. The Morgan fingerprint density at radius 1 is 1.33 bits per heavy atom. The zero-order valence-corrected chi connectivity index (χ0v) is 21.4. The van der Waals surface area contributed by atoms with Gasteiger partial charge < -0.3 is 19.5 Å². The standard InChI is InChI=1S/C25H35F3N6O2/c1-6-17(11-12-20(22(29)35-5)33-14-16(4)30-15-33)23-31-24-19(10-9-13-34(24)32-23)18(7-2)21(8-3)36-25(26,27)28/h7-8,11,14-15,19-20,24,29H,6,9-10,12-13H2,1-5H3,(H,31,32)/b17-11+,18-7?,21-8?,29-22?. The molecule has 0 aromatic carbocycles. The number of imidazole rings is 1. The van der Waals surface area contributed by atoms with Crippen LogP contribution >= 0.6 is 0 Å². The van der Waals surface area contributed by atoms with Crippen molar-refractivity contribution in [2.45, 2.75) is 71.9 Å². The molecule has 0 amide bonds. The summed E-state index contributed by atoms with van der Waals surface area (Å²) in [5.41, 5.74) is 5.69. The fourth-order valence-electron chi connectivity index (χ4n) is 4.75. The van der Waals surface area contributed by atoms with Gasteiger partial charge in [0, 0.05) is 18.7 Å². The van der Waals surface area contributed by atoms with E-state index in [2.05, 4.69) is 15.1 Å². The average Bonchev–Trinajstić information content (AvgIpc) is 3.47. The molecule has 3 rings (SSSR count). The summed E-state index contributed by atoms with van der Waals surface area (Å²) in [6, 6.07) is -0.346. The van der Waals surface area contributed by atoms with E-state index in [1.807, 2.05) is 35.7 Å². The first kappa shape index (κ1) is 27.5. The SMILES string of the molecule is CC=C(OC(F)(F)F)C(=CC)C1CCCN2NC(/C(=C/CC(C(=N)OC)n3cnc(C)c3)CC)=NC12. The minimum atomic E-state index is -4.76. The van der Waals surface area contributed by atoms with Crippen LogP contribution in [0, 0.1) is 18.3 Å². The lowest BCUT2D eigenvalue weighted by Crippen LogP contribution is -2.48. The Morgan fingerprint density at radius 3 is 2.64 bits per heavy atom. The minimum Gasteiger partial charge on any atom is -0.483 e. The summed E-state index contributed by atoms with van der Waals surface area (Å²) >= 11 is 0. The van der Waals surface area contributed by atoms with E-state index in [1.54, 1.807) is 26.3 Å². The number of fused-ring (bicyclic) bond motifs is 1. The number of nitrogens with zero attached hydrogens (tertiary/aromatic N) is 4. The van der Waals surface area contributed by atoms with Crippen molar-refractivity contribution in [3.05, 3.63) is 53.4 Å². The molecule has 8 nitrogen and oxygen atoms in total. The van der Waals surface area contributed by atoms with Crippen molar-refractivity contribution in [3.63, 3.8) is 0 Å². The molecule has 1 aromatic rings. The van der Waals surface area contributed by atoms with Crippen molar-refractivity contribution in [3.8, 4) is 0 Å². The molecule has 0 bridgehead atoms. The highest BCUT2D eigenvalue weighted by Crippen LogP contribution is 2.38. The summed E-state index contributed by atoms with van der Waals surface area (Å²) in [5, 5.41) is 10.2. The Bertz CT molecular complexity index is 1060. The first-order valence-corrected chi connectivity index (χ1v) is 12.1. The highest BCUT2D eigenvalue weighted by Gasteiger charge is 2.41. The monoisotopic (exact) mass is 508 g/mol. The number of piperidine rings is 1. The summed E-state index contributed by atoms with van der Waals surface area (Å²) in [4.78, 5) is 9.18. The van der Waals surface area contributed by atoms with E-state index in [0.717, 1.165) is 24.2 Å². The first-order chi connectivity index (χ1) is 17.1. The summed E-state index contributed by atoms with van der Waals surface area (Å²) in [6.45, 7) is 7.91. The lowest BCUT2D eigenvalue weighted by molar-refractivity contribution is -0.304. The fourth-order valence-corrected chi connectivity index (χ4v) is 4.75. The Hall–Kier alpha value is -3.08. The van der Waals surface area contributed by atoms with Gasteiger partial charge in [0.2, 0.25) is 5.90 Å². The van der Waals surface area contributed by atoms with Crippen molar-refractivity contribution in [2.24, 2.45) is 10.9 Å². The van der Waals surface area contributed by atoms with Crippen LogP contribution < -0.4 is 5.43 Å². The number of hydrogen-bond donors (Lipinski definition) is 2. The number of allylic oxidation sites excluding steroid dienone is 4. The largest absolute Gasteiger partial charge is 0.573 e. The van der Waals surface area contributed by atoms with E-state index in [-0.39, 0.29) is 29.8 Å². The minimum absolute atomic E-state index is 0.124. The maximum absolute atomic E-state index is 13.0. The van der Waals surface area contributed by atoms with Gasteiger partial charge in [0.05, 0.1) is 19.1 Å². The summed E-state index contributed by atoms with van der Waals surface area (Å²) in [7, 11) is 1.48. The van der Waals surface area contributed by atoms with Crippen LogP contribution in [0.4, 0.5) is 13.2 Å². The Kier molecular flexibility index (Phi) is 8.99. The number of hydrazine groups is 1. The highest BCUT2D eigenvalue weighted by molar-refractivity contribution is 5.99. The molecule has 1 saturated heterocycles. The smallest absolute Gasteiger partial charge is 0.483 e. The van der Waals surface area contributed by atoms with Crippen LogP contribution in [0.1, 0.15) is 58.2 Å². The molecule has 2 aliphatic heterocycles. The van der Waals surface area contributed by atoms with Gasteiger partial charge >= 0.3 is 6.36 Å². The first-order valence-electron chi connectivity index (χ1n) is 12.1. The molecule has 0 aliphatic carbocycles. The van der Waals surface area contributed by atoms with Crippen molar-refractivity contribution in [1.82, 2.24) is 20.0 Å². The van der Waals surface area contributed by atoms with Gasteiger partial charge in [-0.15, -0.1) is 13.2 Å². The van der Waals surface area contributed by atoms with E-state index in [0.29, 0.717) is 30.7 Å². The number of rotatable bonds is 9. The van der Waals surface area contributed by atoms with Gasteiger partial charge in [-0.2, -0.15) is 5.01 Å².